The number of hydrogen-bond donors (Lipinski definition) is 3. The van der Waals surface area contributed by atoms with Crippen LogP contribution >= 0.6 is 0 Å². The van der Waals surface area contributed by atoms with E-state index in [0.29, 0.717) is 17.7 Å². The number of fused-ring (bicyclic) bond motifs is 1. The van der Waals surface area contributed by atoms with Gasteiger partial charge in [-0.25, -0.2) is 13.1 Å². The van der Waals surface area contributed by atoms with E-state index in [-0.39, 0.29) is 23.8 Å². The normalized spacial score (nSPS) is 12.6. The lowest BCUT2D eigenvalue weighted by Crippen LogP contribution is -2.26. The third-order valence-corrected chi connectivity index (χ3v) is 6.58. The number of amides is 1. The summed E-state index contributed by atoms with van der Waals surface area (Å²) >= 11 is 0. The van der Waals surface area contributed by atoms with E-state index in [0.717, 1.165) is 16.3 Å². The molecule has 30 heavy (non-hydrogen) atoms. The van der Waals surface area contributed by atoms with Crippen molar-refractivity contribution in [3.63, 3.8) is 0 Å². The van der Waals surface area contributed by atoms with Gasteiger partial charge in [-0.2, -0.15) is 0 Å². The molecule has 0 aliphatic carbocycles. The van der Waals surface area contributed by atoms with Gasteiger partial charge in [0.25, 0.3) is 0 Å². The number of carbonyl (C=O) groups excluding carboxylic acids is 1. The van der Waals surface area contributed by atoms with Crippen LogP contribution < -0.4 is 10.0 Å². The molecule has 7 heteroatoms. The van der Waals surface area contributed by atoms with E-state index in [1.54, 1.807) is 26.0 Å². The van der Waals surface area contributed by atoms with E-state index < -0.39 is 16.1 Å². The average molecular weight is 427 g/mol. The fraction of sp³-hybridized carbons (Fsp3) is 0.261. The molecule has 0 heterocycles. The lowest BCUT2D eigenvalue weighted by atomic mass is 9.99. The standard InChI is InChI=1S/C23H26N2O4S/c1-3-23(27)25-18-11-12-22(16(2)15-18)30(28,29)24-14-13-21(26)20-10-6-8-17-7-4-5-9-19(17)20/h4-12,15,21,24,26H,3,13-14H2,1-2H3,(H,25,27). The summed E-state index contributed by atoms with van der Waals surface area (Å²) in [5.41, 5.74) is 1.87. The first-order valence-electron chi connectivity index (χ1n) is 9.87. The zero-order valence-electron chi connectivity index (χ0n) is 17.1. The highest BCUT2D eigenvalue weighted by atomic mass is 32.2. The number of aryl methyl sites for hydroxylation is 1. The van der Waals surface area contributed by atoms with E-state index in [4.69, 9.17) is 0 Å². The predicted octanol–water partition coefficient (Wildman–Crippen LogP) is 3.90. The highest BCUT2D eigenvalue weighted by Crippen LogP contribution is 2.26. The molecule has 1 atom stereocenters. The van der Waals surface area contributed by atoms with Gasteiger partial charge in [-0.1, -0.05) is 49.4 Å². The molecule has 0 radical (unpaired) electrons. The Morgan fingerprint density at radius 1 is 1.07 bits per heavy atom. The van der Waals surface area contributed by atoms with Gasteiger partial charge >= 0.3 is 0 Å². The van der Waals surface area contributed by atoms with Crippen LogP contribution in [0.1, 0.15) is 37.0 Å². The van der Waals surface area contributed by atoms with Crippen LogP contribution in [0.25, 0.3) is 10.8 Å². The summed E-state index contributed by atoms with van der Waals surface area (Å²) in [4.78, 5) is 11.7. The summed E-state index contributed by atoms with van der Waals surface area (Å²) in [5, 5.41) is 15.3. The third kappa shape index (κ3) is 5.05. The molecule has 0 aliphatic rings. The molecule has 1 unspecified atom stereocenters. The summed E-state index contributed by atoms with van der Waals surface area (Å²) in [6.45, 7) is 3.53. The first kappa shape index (κ1) is 22.0. The minimum Gasteiger partial charge on any atom is -0.388 e. The zero-order valence-corrected chi connectivity index (χ0v) is 17.9. The van der Waals surface area contributed by atoms with Crippen LogP contribution in [0, 0.1) is 6.92 Å². The Balaban J connectivity index is 1.67. The van der Waals surface area contributed by atoms with Crippen molar-refractivity contribution >= 4 is 32.4 Å². The van der Waals surface area contributed by atoms with Gasteiger partial charge in [-0.3, -0.25) is 4.79 Å². The van der Waals surface area contributed by atoms with Crippen molar-refractivity contribution in [3.8, 4) is 0 Å². The molecule has 158 valence electrons. The smallest absolute Gasteiger partial charge is 0.240 e. The van der Waals surface area contributed by atoms with E-state index in [1.165, 1.54) is 6.07 Å². The topological polar surface area (TPSA) is 95.5 Å². The highest BCUT2D eigenvalue weighted by molar-refractivity contribution is 7.89. The second-order valence-electron chi connectivity index (χ2n) is 7.15. The lowest BCUT2D eigenvalue weighted by molar-refractivity contribution is -0.115. The van der Waals surface area contributed by atoms with Crippen molar-refractivity contribution in [1.82, 2.24) is 4.72 Å². The molecule has 0 saturated carbocycles. The number of hydrogen-bond acceptors (Lipinski definition) is 4. The first-order valence-corrected chi connectivity index (χ1v) is 11.4. The predicted molar refractivity (Wildman–Crippen MR) is 119 cm³/mol. The molecule has 0 aromatic heterocycles. The van der Waals surface area contributed by atoms with Gasteiger partial charge in [0.05, 0.1) is 11.0 Å². The molecular formula is C23H26N2O4S. The molecule has 0 fully saturated rings. The number of carbonyl (C=O) groups is 1. The maximum Gasteiger partial charge on any atom is 0.240 e. The van der Waals surface area contributed by atoms with E-state index in [2.05, 4.69) is 10.0 Å². The van der Waals surface area contributed by atoms with Gasteiger partial charge in [0.2, 0.25) is 15.9 Å². The lowest BCUT2D eigenvalue weighted by Gasteiger charge is -2.15. The van der Waals surface area contributed by atoms with Gasteiger partial charge in [-0.15, -0.1) is 0 Å². The molecule has 3 aromatic carbocycles. The number of sulfonamides is 1. The van der Waals surface area contributed by atoms with Crippen LogP contribution in [0.3, 0.4) is 0 Å². The van der Waals surface area contributed by atoms with Crippen LogP contribution in [-0.4, -0.2) is 26.0 Å². The van der Waals surface area contributed by atoms with Crippen molar-refractivity contribution in [2.75, 3.05) is 11.9 Å². The molecule has 6 nitrogen and oxygen atoms in total. The third-order valence-electron chi connectivity index (χ3n) is 4.96. The zero-order chi connectivity index (χ0) is 21.7. The van der Waals surface area contributed by atoms with E-state index >= 15 is 0 Å². The minimum absolute atomic E-state index is 0.0977. The van der Waals surface area contributed by atoms with Crippen LogP contribution in [0.2, 0.25) is 0 Å². The maximum atomic E-state index is 12.7. The Bertz CT molecular complexity index is 1150. The van der Waals surface area contributed by atoms with Crippen molar-refractivity contribution in [2.24, 2.45) is 0 Å². The van der Waals surface area contributed by atoms with Crippen molar-refractivity contribution in [1.29, 1.82) is 0 Å². The molecule has 0 aliphatic heterocycles. The SMILES string of the molecule is CCC(=O)Nc1ccc(S(=O)(=O)NCCC(O)c2cccc3ccccc23)c(C)c1. The summed E-state index contributed by atoms with van der Waals surface area (Å²) in [6.07, 6.45) is -0.192. The Morgan fingerprint density at radius 2 is 1.80 bits per heavy atom. The van der Waals surface area contributed by atoms with Crippen LogP contribution in [-0.2, 0) is 14.8 Å². The number of anilines is 1. The van der Waals surface area contributed by atoms with Gasteiger partial charge in [-0.05, 0) is 53.4 Å². The van der Waals surface area contributed by atoms with Gasteiger partial charge in [0.15, 0.2) is 0 Å². The summed E-state index contributed by atoms with van der Waals surface area (Å²) in [6, 6.07) is 18.2. The van der Waals surface area contributed by atoms with Gasteiger partial charge in [0.1, 0.15) is 0 Å². The molecule has 0 spiro atoms. The van der Waals surface area contributed by atoms with Crippen LogP contribution in [0.5, 0.6) is 0 Å². The first-order chi connectivity index (χ1) is 14.3. The maximum absolute atomic E-state index is 12.7. The molecule has 3 aromatic rings. The number of aliphatic hydroxyl groups is 1. The number of aliphatic hydroxyl groups excluding tert-OH is 1. The van der Waals surface area contributed by atoms with Crippen molar-refractivity contribution < 1.29 is 18.3 Å². The van der Waals surface area contributed by atoms with Crippen molar-refractivity contribution in [3.05, 3.63) is 71.8 Å². The molecule has 3 rings (SSSR count). The van der Waals surface area contributed by atoms with Gasteiger partial charge in [0, 0.05) is 18.7 Å². The Kier molecular flexibility index (Phi) is 6.87. The van der Waals surface area contributed by atoms with E-state index in [9.17, 15) is 18.3 Å². The number of rotatable bonds is 8. The Labute approximate surface area is 177 Å². The Morgan fingerprint density at radius 3 is 2.53 bits per heavy atom. The van der Waals surface area contributed by atoms with Crippen LogP contribution in [0.15, 0.2) is 65.6 Å². The monoisotopic (exact) mass is 426 g/mol. The summed E-state index contributed by atoms with van der Waals surface area (Å²) in [5.74, 6) is -0.134. The minimum atomic E-state index is -3.74. The molecule has 0 saturated heterocycles. The molecule has 1 amide bonds. The second kappa shape index (κ2) is 9.38. The summed E-state index contributed by atoms with van der Waals surface area (Å²) < 4.78 is 27.9. The fourth-order valence-corrected chi connectivity index (χ4v) is 4.65. The fourth-order valence-electron chi connectivity index (χ4n) is 3.38. The quantitative estimate of drug-likeness (QED) is 0.509. The van der Waals surface area contributed by atoms with Crippen LogP contribution in [0.4, 0.5) is 5.69 Å². The van der Waals surface area contributed by atoms with E-state index in [1.807, 2.05) is 42.5 Å². The van der Waals surface area contributed by atoms with Crippen molar-refractivity contribution in [2.45, 2.75) is 37.7 Å². The highest BCUT2D eigenvalue weighted by Gasteiger charge is 2.18. The molecule has 3 N–H and O–H groups in total. The number of nitrogens with one attached hydrogen (secondary N) is 2. The molecular weight excluding hydrogens is 400 g/mol. The Hall–Kier alpha value is -2.74. The average Bonchev–Trinajstić information content (AvgIpc) is 2.72. The summed E-state index contributed by atoms with van der Waals surface area (Å²) in [7, 11) is -3.74. The second-order valence-corrected chi connectivity index (χ2v) is 8.89. The largest absolute Gasteiger partial charge is 0.388 e. The van der Waals surface area contributed by atoms with Gasteiger partial charge < -0.3 is 10.4 Å². The number of benzene rings is 3. The molecule has 0 bridgehead atoms.